The number of alkyl halides is 1. The van der Waals surface area contributed by atoms with Crippen molar-refractivity contribution < 1.29 is 22.4 Å². The highest BCUT2D eigenvalue weighted by molar-refractivity contribution is 7.89. The number of amides is 2. The summed E-state index contributed by atoms with van der Waals surface area (Å²) < 4.78 is 42.3. The quantitative estimate of drug-likeness (QED) is 0.493. The normalized spacial score (nSPS) is 20.4. The van der Waals surface area contributed by atoms with E-state index in [0.29, 0.717) is 10.6 Å². The van der Waals surface area contributed by atoms with Crippen molar-refractivity contribution in [1.29, 1.82) is 0 Å². The highest BCUT2D eigenvalue weighted by Gasteiger charge is 2.50. The Morgan fingerprint density at radius 2 is 1.65 bits per heavy atom. The maximum Gasteiger partial charge on any atom is 0.267 e. The minimum atomic E-state index is -4.32. The number of likely N-dealkylation sites (N-methyl/N-ethyl adjacent to an activating group) is 1. The van der Waals surface area contributed by atoms with Gasteiger partial charge in [0.2, 0.25) is 11.8 Å². The maximum atomic E-state index is 13.9. The van der Waals surface area contributed by atoms with Gasteiger partial charge in [-0.25, -0.2) is 17.1 Å². The minimum absolute atomic E-state index is 0.0545. The summed E-state index contributed by atoms with van der Waals surface area (Å²) in [7, 11) is -1.03. The summed E-state index contributed by atoms with van der Waals surface area (Å²) in [5.74, 6) is -1.02. The first kappa shape index (κ1) is 27.7. The van der Waals surface area contributed by atoms with E-state index in [1.54, 1.807) is 43.3 Å². The Morgan fingerprint density at radius 3 is 2.24 bits per heavy atom. The number of carbonyl (C=O) groups is 2. The molecule has 0 saturated carbocycles. The summed E-state index contributed by atoms with van der Waals surface area (Å²) in [5, 5.41) is 0.658. The molecule has 13 heteroatoms. The Bertz CT molecular complexity index is 1350. The van der Waals surface area contributed by atoms with Gasteiger partial charge in [-0.3, -0.25) is 19.4 Å². The van der Waals surface area contributed by atoms with Crippen LogP contribution in [0.4, 0.5) is 4.39 Å². The predicted molar refractivity (Wildman–Crippen MR) is 139 cm³/mol. The zero-order chi connectivity index (χ0) is 27.1. The molecule has 2 aromatic carbocycles. The highest BCUT2D eigenvalue weighted by atomic mass is 35.5. The summed E-state index contributed by atoms with van der Waals surface area (Å²) in [6.45, 7) is -1.39. The van der Waals surface area contributed by atoms with E-state index < -0.39 is 40.6 Å². The van der Waals surface area contributed by atoms with Crippen molar-refractivity contribution in [3.05, 3.63) is 75.1 Å². The fourth-order valence-electron chi connectivity index (χ4n) is 4.36. The van der Waals surface area contributed by atoms with Crippen LogP contribution < -0.4 is 0 Å². The number of nitrogens with zero attached hydrogens (tertiary/aromatic N) is 4. The second-order valence-corrected chi connectivity index (χ2v) is 12.0. The van der Waals surface area contributed by atoms with Crippen LogP contribution in [0.2, 0.25) is 15.1 Å². The summed E-state index contributed by atoms with van der Waals surface area (Å²) >= 11 is 18.2. The molecule has 0 aromatic heterocycles. The predicted octanol–water partition coefficient (Wildman–Crippen LogP) is 3.63. The molecular weight excluding hydrogens is 566 g/mol. The van der Waals surface area contributed by atoms with E-state index in [2.05, 4.69) is 0 Å². The van der Waals surface area contributed by atoms with Crippen LogP contribution in [0.3, 0.4) is 0 Å². The van der Waals surface area contributed by atoms with Gasteiger partial charge in [0.1, 0.15) is 29.5 Å². The van der Waals surface area contributed by atoms with E-state index in [1.165, 1.54) is 29.3 Å². The third-order valence-corrected chi connectivity index (χ3v) is 9.01. The van der Waals surface area contributed by atoms with E-state index in [0.717, 1.165) is 9.21 Å². The fourth-order valence-corrected chi connectivity index (χ4v) is 6.69. The van der Waals surface area contributed by atoms with Gasteiger partial charge in [-0.1, -0.05) is 46.9 Å². The molecule has 8 nitrogen and oxygen atoms in total. The lowest BCUT2D eigenvalue weighted by Crippen LogP contribution is -2.66. The molecule has 2 amide bonds. The summed E-state index contributed by atoms with van der Waals surface area (Å²) in [6.07, 6.45) is 1.28. The molecule has 2 aliphatic rings. The molecule has 0 N–H and O–H groups in total. The van der Waals surface area contributed by atoms with Gasteiger partial charge in [0, 0.05) is 22.7 Å². The van der Waals surface area contributed by atoms with Crippen molar-refractivity contribution in [2.75, 3.05) is 33.9 Å². The van der Waals surface area contributed by atoms with Gasteiger partial charge in [-0.2, -0.15) is 0 Å². The lowest BCUT2D eigenvalue weighted by atomic mass is 9.99. The van der Waals surface area contributed by atoms with E-state index in [4.69, 9.17) is 34.8 Å². The Labute approximate surface area is 229 Å². The van der Waals surface area contributed by atoms with Crippen molar-refractivity contribution in [3.8, 4) is 0 Å². The van der Waals surface area contributed by atoms with E-state index in [1.807, 2.05) is 0 Å². The molecule has 4 rings (SSSR count). The molecule has 0 radical (unpaired) electrons. The number of fused-ring (bicyclic) bond motifs is 1. The number of halogens is 4. The lowest BCUT2D eigenvalue weighted by Gasteiger charge is -2.49. The standard InChI is InChI=1S/C24H24Cl3FN4O4S/c1-29(2)20-13-31(37(35,36)21-8-7-17(26)12-18(21)27)22-14-30(10-9-28)23(33)19(32(22)24(20)34)11-15-3-5-16(25)6-4-15/h3-8,12,14,19-20H,9-11,13H2,1-2H3. The monoisotopic (exact) mass is 588 g/mol. The largest absolute Gasteiger partial charge is 0.311 e. The Kier molecular flexibility index (Phi) is 8.06. The molecule has 2 aliphatic heterocycles. The first-order valence-corrected chi connectivity index (χ1v) is 13.8. The molecule has 1 fully saturated rings. The van der Waals surface area contributed by atoms with Gasteiger partial charge in [0.05, 0.1) is 18.1 Å². The first-order valence-electron chi connectivity index (χ1n) is 11.3. The van der Waals surface area contributed by atoms with Gasteiger partial charge in [-0.05, 0) is 50.0 Å². The maximum absolute atomic E-state index is 13.9. The number of hydrogen-bond donors (Lipinski definition) is 0. The molecule has 198 valence electrons. The molecule has 2 atom stereocenters. The molecule has 0 spiro atoms. The zero-order valence-corrected chi connectivity index (χ0v) is 23.0. The number of carbonyl (C=O) groups excluding carboxylic acids is 2. The molecule has 2 unspecified atom stereocenters. The second kappa shape index (κ2) is 10.8. The van der Waals surface area contributed by atoms with E-state index >= 15 is 0 Å². The van der Waals surface area contributed by atoms with Gasteiger partial charge >= 0.3 is 0 Å². The second-order valence-electron chi connectivity index (χ2n) is 8.85. The molecule has 0 aliphatic carbocycles. The summed E-state index contributed by atoms with van der Waals surface area (Å²) in [4.78, 5) is 30.8. The van der Waals surface area contributed by atoms with Crippen molar-refractivity contribution in [1.82, 2.24) is 19.0 Å². The average Bonchev–Trinajstić information content (AvgIpc) is 2.82. The van der Waals surface area contributed by atoms with Crippen molar-refractivity contribution in [3.63, 3.8) is 0 Å². The molecule has 2 heterocycles. The van der Waals surface area contributed by atoms with Gasteiger partial charge in [-0.15, -0.1) is 0 Å². The van der Waals surface area contributed by atoms with E-state index in [9.17, 15) is 22.4 Å². The van der Waals surface area contributed by atoms with Crippen LogP contribution in [0.25, 0.3) is 0 Å². The van der Waals surface area contributed by atoms with Crippen LogP contribution in [0.1, 0.15) is 5.56 Å². The minimum Gasteiger partial charge on any atom is -0.311 e. The van der Waals surface area contributed by atoms with Gasteiger partial charge < -0.3 is 4.90 Å². The third-order valence-electron chi connectivity index (χ3n) is 6.27. The fraction of sp³-hybridized carbons (Fsp3) is 0.333. The molecule has 0 bridgehead atoms. The van der Waals surface area contributed by atoms with Crippen molar-refractivity contribution in [2.45, 2.75) is 23.4 Å². The summed E-state index contributed by atoms with van der Waals surface area (Å²) in [5.41, 5.74) is 0.694. The number of benzene rings is 2. The van der Waals surface area contributed by atoms with Crippen LogP contribution in [-0.2, 0) is 26.0 Å². The van der Waals surface area contributed by atoms with E-state index in [-0.39, 0.29) is 40.3 Å². The lowest BCUT2D eigenvalue weighted by molar-refractivity contribution is -0.151. The zero-order valence-electron chi connectivity index (χ0n) is 19.9. The Balaban J connectivity index is 1.87. The molecular formula is C24H24Cl3FN4O4S. The highest BCUT2D eigenvalue weighted by Crippen LogP contribution is 2.36. The van der Waals surface area contributed by atoms with Crippen LogP contribution in [-0.4, -0.2) is 85.2 Å². The number of sulfonamides is 1. The van der Waals surface area contributed by atoms with Gasteiger partial charge in [0.15, 0.2) is 0 Å². The SMILES string of the molecule is CN(C)C1CN(S(=O)(=O)c2ccc(Cl)cc2Cl)C2=CN(CCF)C(=O)C(Cc3ccc(Cl)cc3)N2C1=O. The smallest absolute Gasteiger partial charge is 0.267 e. The molecule has 2 aromatic rings. The van der Waals surface area contributed by atoms with Crippen LogP contribution in [0.15, 0.2) is 59.4 Å². The first-order chi connectivity index (χ1) is 17.4. The Morgan fingerprint density at radius 1 is 1.00 bits per heavy atom. The average molecular weight is 590 g/mol. The molecule has 1 saturated heterocycles. The number of hydrogen-bond acceptors (Lipinski definition) is 5. The van der Waals surface area contributed by atoms with Crippen molar-refractivity contribution in [2.24, 2.45) is 0 Å². The number of rotatable bonds is 7. The topological polar surface area (TPSA) is 81.2 Å². The van der Waals surface area contributed by atoms with Crippen LogP contribution in [0, 0.1) is 0 Å². The third kappa shape index (κ3) is 5.31. The Hall–Kier alpha value is -2.37. The van der Waals surface area contributed by atoms with Gasteiger partial charge in [0.25, 0.3) is 10.0 Å². The summed E-state index contributed by atoms with van der Waals surface area (Å²) in [6, 6.07) is 8.72. The van der Waals surface area contributed by atoms with Crippen LogP contribution >= 0.6 is 34.8 Å². The van der Waals surface area contributed by atoms with Crippen LogP contribution in [0.5, 0.6) is 0 Å². The van der Waals surface area contributed by atoms with Crippen molar-refractivity contribution >= 4 is 56.6 Å². The molecule has 37 heavy (non-hydrogen) atoms.